The maximum atomic E-state index is 12.4. The third kappa shape index (κ3) is 5.87. The van der Waals surface area contributed by atoms with Crippen molar-refractivity contribution >= 4 is 0 Å². The molecule has 0 amide bonds. The lowest BCUT2D eigenvalue weighted by atomic mass is 9.84. The van der Waals surface area contributed by atoms with Crippen molar-refractivity contribution in [2.45, 2.75) is 64.1 Å². The zero-order valence-electron chi connectivity index (χ0n) is 11.5. The summed E-state index contributed by atoms with van der Waals surface area (Å²) < 4.78 is 73.7. The fraction of sp³-hybridized carbons (Fsp3) is 1.00. The Morgan fingerprint density at radius 1 is 0.950 bits per heavy atom. The summed E-state index contributed by atoms with van der Waals surface area (Å²) in [5, 5.41) is 18.1. The predicted octanol–water partition coefficient (Wildman–Crippen LogP) is 3.67. The molecule has 8 heteroatoms. The molecule has 4 unspecified atom stereocenters. The van der Waals surface area contributed by atoms with Crippen LogP contribution in [0.2, 0.25) is 0 Å². The lowest BCUT2D eigenvalue weighted by Crippen LogP contribution is -2.42. The molecule has 2 nitrogen and oxygen atoms in total. The number of halogens is 6. The molecule has 0 radical (unpaired) electrons. The largest absolute Gasteiger partial charge is 0.416 e. The van der Waals surface area contributed by atoms with Crippen LogP contribution in [0, 0.1) is 11.8 Å². The van der Waals surface area contributed by atoms with Crippen molar-refractivity contribution in [2.75, 3.05) is 0 Å². The highest BCUT2D eigenvalue weighted by atomic mass is 19.4. The van der Waals surface area contributed by atoms with E-state index >= 15 is 0 Å². The molecule has 0 rings (SSSR count). The Kier molecular flexibility index (Phi) is 6.35. The highest BCUT2D eigenvalue weighted by Crippen LogP contribution is 2.36. The summed E-state index contributed by atoms with van der Waals surface area (Å²) in [5.41, 5.74) is -2.86. The molecule has 0 spiro atoms. The van der Waals surface area contributed by atoms with Crippen LogP contribution in [0.3, 0.4) is 0 Å². The molecule has 0 aromatic carbocycles. The number of hydrogen-bond donors (Lipinski definition) is 2. The molecule has 0 heterocycles. The van der Waals surface area contributed by atoms with E-state index in [0.29, 0.717) is 6.92 Å². The summed E-state index contributed by atoms with van der Waals surface area (Å²) in [6.07, 6.45) is -13.2. The summed E-state index contributed by atoms with van der Waals surface area (Å²) >= 11 is 0. The first-order valence-electron chi connectivity index (χ1n) is 6.22. The van der Waals surface area contributed by atoms with Crippen LogP contribution >= 0.6 is 0 Å². The van der Waals surface area contributed by atoms with Gasteiger partial charge in [0.15, 0.2) is 5.60 Å². The highest BCUT2D eigenvalue weighted by Gasteiger charge is 2.49. The van der Waals surface area contributed by atoms with E-state index in [1.54, 1.807) is 0 Å². The average Bonchev–Trinajstić information content (AvgIpc) is 2.22. The molecule has 0 aliphatic heterocycles. The maximum Gasteiger partial charge on any atom is 0.416 e. The molecule has 0 bridgehead atoms. The van der Waals surface area contributed by atoms with Crippen molar-refractivity contribution in [1.29, 1.82) is 0 Å². The summed E-state index contributed by atoms with van der Waals surface area (Å²) in [6, 6.07) is 0. The first kappa shape index (κ1) is 19.5. The van der Waals surface area contributed by atoms with E-state index in [9.17, 15) is 31.4 Å². The molecule has 0 saturated heterocycles. The fourth-order valence-electron chi connectivity index (χ4n) is 1.65. The minimum absolute atomic E-state index is 0.0851. The van der Waals surface area contributed by atoms with Gasteiger partial charge in [-0.3, -0.25) is 0 Å². The number of rotatable bonds is 6. The van der Waals surface area contributed by atoms with E-state index in [1.165, 1.54) is 13.8 Å². The second-order valence-electron chi connectivity index (χ2n) is 5.56. The highest BCUT2D eigenvalue weighted by molar-refractivity contribution is 4.83. The lowest BCUT2D eigenvalue weighted by molar-refractivity contribution is -0.256. The molecule has 0 aromatic heterocycles. The minimum Gasteiger partial charge on any atom is -0.384 e. The monoisotopic (exact) mass is 310 g/mol. The van der Waals surface area contributed by atoms with Gasteiger partial charge in [-0.15, -0.1) is 0 Å². The van der Waals surface area contributed by atoms with Gasteiger partial charge in [0.25, 0.3) is 0 Å². The van der Waals surface area contributed by atoms with Crippen molar-refractivity contribution in [1.82, 2.24) is 0 Å². The van der Waals surface area contributed by atoms with Gasteiger partial charge >= 0.3 is 12.4 Å². The predicted molar refractivity (Wildman–Crippen MR) is 60.9 cm³/mol. The van der Waals surface area contributed by atoms with Crippen LogP contribution in [0.1, 0.15) is 40.0 Å². The van der Waals surface area contributed by atoms with Gasteiger partial charge in [0.05, 0.1) is 0 Å². The van der Waals surface area contributed by atoms with Gasteiger partial charge in [-0.05, 0) is 38.0 Å². The summed E-state index contributed by atoms with van der Waals surface area (Å²) in [6.45, 7) is 3.57. The summed E-state index contributed by atoms with van der Waals surface area (Å²) in [5.74, 6) is -1.10. The molecular formula is C12H20F6O2. The van der Waals surface area contributed by atoms with Crippen LogP contribution in [0.25, 0.3) is 0 Å². The van der Waals surface area contributed by atoms with Gasteiger partial charge in [-0.1, -0.05) is 13.8 Å². The number of hydrogen-bond acceptors (Lipinski definition) is 2. The molecule has 0 saturated carbocycles. The zero-order valence-corrected chi connectivity index (χ0v) is 11.5. The number of alkyl halides is 6. The van der Waals surface area contributed by atoms with Crippen molar-refractivity contribution in [3.05, 3.63) is 0 Å². The van der Waals surface area contributed by atoms with E-state index in [4.69, 9.17) is 5.11 Å². The van der Waals surface area contributed by atoms with Gasteiger partial charge in [-0.25, -0.2) is 0 Å². The van der Waals surface area contributed by atoms with Gasteiger partial charge in [0.2, 0.25) is 0 Å². The second-order valence-corrected chi connectivity index (χ2v) is 5.56. The Morgan fingerprint density at radius 3 is 1.75 bits per heavy atom. The molecule has 2 N–H and O–H groups in total. The molecule has 122 valence electrons. The van der Waals surface area contributed by atoms with Gasteiger partial charge in [-0.2, -0.15) is 26.3 Å². The third-order valence-electron chi connectivity index (χ3n) is 3.64. The van der Waals surface area contributed by atoms with Gasteiger partial charge in [0.1, 0.15) is 6.10 Å². The van der Waals surface area contributed by atoms with Crippen LogP contribution in [0.15, 0.2) is 0 Å². The number of aliphatic hydroxyl groups is 2. The maximum absolute atomic E-state index is 12.4. The van der Waals surface area contributed by atoms with E-state index in [2.05, 4.69) is 0 Å². The molecule has 0 aliphatic rings. The smallest absolute Gasteiger partial charge is 0.384 e. The Bertz CT molecular complexity index is 297. The molecule has 0 aromatic rings. The van der Waals surface area contributed by atoms with Crippen molar-refractivity contribution in [2.24, 2.45) is 11.8 Å². The number of aliphatic hydroxyl groups excluding tert-OH is 1. The third-order valence-corrected chi connectivity index (χ3v) is 3.64. The van der Waals surface area contributed by atoms with Crippen molar-refractivity contribution < 1.29 is 36.6 Å². The van der Waals surface area contributed by atoms with Crippen molar-refractivity contribution in [3.63, 3.8) is 0 Å². The summed E-state index contributed by atoms with van der Waals surface area (Å²) in [7, 11) is 0. The molecular weight excluding hydrogens is 290 g/mol. The normalized spacial score (nSPS) is 21.1. The van der Waals surface area contributed by atoms with E-state index in [-0.39, 0.29) is 6.42 Å². The van der Waals surface area contributed by atoms with E-state index in [1.807, 2.05) is 0 Å². The minimum atomic E-state index is -4.78. The average molecular weight is 310 g/mol. The second kappa shape index (κ2) is 6.51. The van der Waals surface area contributed by atoms with Crippen LogP contribution in [0.5, 0.6) is 0 Å². The first-order chi connectivity index (χ1) is 8.68. The van der Waals surface area contributed by atoms with Gasteiger partial charge in [0, 0.05) is 0 Å². The Morgan fingerprint density at radius 2 is 1.40 bits per heavy atom. The molecule has 4 atom stereocenters. The van der Waals surface area contributed by atoms with Crippen molar-refractivity contribution in [3.8, 4) is 0 Å². The van der Waals surface area contributed by atoms with E-state index in [0.717, 1.165) is 0 Å². The Balaban J connectivity index is 4.39. The van der Waals surface area contributed by atoms with Crippen LogP contribution in [-0.4, -0.2) is 34.3 Å². The molecule has 0 fully saturated rings. The quantitative estimate of drug-likeness (QED) is 0.735. The first-order valence-corrected chi connectivity index (χ1v) is 6.22. The Labute approximate surface area is 113 Å². The lowest BCUT2D eigenvalue weighted by Gasteiger charge is -2.29. The molecule has 20 heavy (non-hydrogen) atoms. The molecule has 0 aliphatic carbocycles. The van der Waals surface area contributed by atoms with Crippen LogP contribution < -0.4 is 0 Å². The fourth-order valence-corrected chi connectivity index (χ4v) is 1.65. The topological polar surface area (TPSA) is 40.5 Å². The SMILES string of the molecule is CC(CCC(C)(O)C(F)(F)F)C(C)CC(O)C(F)(F)F. The van der Waals surface area contributed by atoms with Gasteiger partial charge < -0.3 is 10.2 Å². The standard InChI is InChI=1S/C12H20F6O2/c1-7(4-5-10(3,20)12(16,17)18)8(2)6-9(19)11(13,14)15/h7-9,19-20H,4-6H2,1-3H3. The zero-order chi connectivity index (χ0) is 16.4. The Hall–Kier alpha value is -0.500. The van der Waals surface area contributed by atoms with Crippen LogP contribution in [-0.2, 0) is 0 Å². The van der Waals surface area contributed by atoms with Crippen LogP contribution in [0.4, 0.5) is 26.3 Å². The summed E-state index contributed by atoms with van der Waals surface area (Å²) in [4.78, 5) is 0. The van der Waals surface area contributed by atoms with E-state index < -0.39 is 48.7 Å².